The van der Waals surface area contributed by atoms with Gasteiger partial charge < -0.3 is 20.6 Å². The molecule has 37 heavy (non-hydrogen) atoms. The highest BCUT2D eigenvalue weighted by molar-refractivity contribution is 8.02. The number of anilines is 2. The number of likely N-dealkylation sites (tertiary alicyclic amines) is 1. The molecule has 2 bridgehead atoms. The lowest BCUT2D eigenvalue weighted by Crippen LogP contribution is -2.55. The topological polar surface area (TPSA) is 98.7 Å². The first-order chi connectivity index (χ1) is 17.7. The lowest BCUT2D eigenvalue weighted by atomic mass is 9.70. The SMILES string of the molecule is CC(C)C[C@H](CO)N1C(=O)[C@@H]2[C@@H](C(=O)Nc3ccccc3)[C@H]3CCC2(S3)C1C(=O)Nc1ccc(Cl)cc1. The van der Waals surface area contributed by atoms with Crippen molar-refractivity contribution in [3.05, 3.63) is 59.6 Å². The molecule has 0 aliphatic carbocycles. The molecule has 5 rings (SSSR count). The molecular weight excluding hydrogens is 510 g/mol. The molecule has 1 spiro atoms. The molecule has 196 valence electrons. The fourth-order valence-corrected chi connectivity index (χ4v) is 8.73. The number of rotatable bonds is 8. The summed E-state index contributed by atoms with van der Waals surface area (Å²) in [7, 11) is 0. The first-order valence-corrected chi connectivity index (χ1v) is 14.0. The monoisotopic (exact) mass is 541 g/mol. The second kappa shape index (κ2) is 10.3. The number of carbonyl (C=O) groups is 3. The number of hydrogen-bond acceptors (Lipinski definition) is 5. The minimum absolute atomic E-state index is 0.0386. The number of carbonyl (C=O) groups excluding carboxylic acids is 3. The van der Waals surface area contributed by atoms with E-state index in [-0.39, 0.29) is 35.5 Å². The fourth-order valence-electron chi connectivity index (χ4n) is 6.40. The molecule has 0 radical (unpaired) electrons. The summed E-state index contributed by atoms with van der Waals surface area (Å²) in [5, 5.41) is 16.8. The Kier molecular flexibility index (Phi) is 7.27. The summed E-state index contributed by atoms with van der Waals surface area (Å²) in [6.07, 6.45) is 1.99. The number of nitrogens with zero attached hydrogens (tertiary/aromatic N) is 1. The van der Waals surface area contributed by atoms with Crippen molar-refractivity contribution < 1.29 is 19.5 Å². The predicted octanol–water partition coefficient (Wildman–Crippen LogP) is 4.42. The van der Waals surface area contributed by atoms with Gasteiger partial charge in [0.2, 0.25) is 17.7 Å². The zero-order valence-electron chi connectivity index (χ0n) is 20.9. The number of halogens is 1. The summed E-state index contributed by atoms with van der Waals surface area (Å²) in [5.74, 6) is -1.64. The fraction of sp³-hybridized carbons (Fsp3) is 0.464. The third-order valence-corrected chi connectivity index (χ3v) is 9.99. The Balaban J connectivity index is 1.50. The van der Waals surface area contributed by atoms with Crippen molar-refractivity contribution in [1.82, 2.24) is 4.90 Å². The molecule has 7 nitrogen and oxygen atoms in total. The summed E-state index contributed by atoms with van der Waals surface area (Å²) in [5.41, 5.74) is 1.27. The molecule has 3 amide bonds. The van der Waals surface area contributed by atoms with Crippen LogP contribution >= 0.6 is 23.4 Å². The van der Waals surface area contributed by atoms with Crippen LogP contribution in [0, 0.1) is 17.8 Å². The van der Waals surface area contributed by atoms with Gasteiger partial charge in [-0.05, 0) is 61.6 Å². The van der Waals surface area contributed by atoms with Crippen molar-refractivity contribution in [1.29, 1.82) is 0 Å². The van der Waals surface area contributed by atoms with Crippen LogP contribution in [0.4, 0.5) is 11.4 Å². The summed E-state index contributed by atoms with van der Waals surface area (Å²) in [6, 6.07) is 14.8. The van der Waals surface area contributed by atoms with Crippen molar-refractivity contribution in [2.75, 3.05) is 17.2 Å². The molecule has 2 unspecified atom stereocenters. The number of amides is 3. The van der Waals surface area contributed by atoms with E-state index < -0.39 is 28.7 Å². The van der Waals surface area contributed by atoms with Crippen molar-refractivity contribution in [3.8, 4) is 0 Å². The van der Waals surface area contributed by atoms with Gasteiger partial charge in [-0.15, -0.1) is 11.8 Å². The quantitative estimate of drug-likeness (QED) is 0.459. The van der Waals surface area contributed by atoms with E-state index >= 15 is 0 Å². The molecular formula is C28H32ClN3O4S. The van der Waals surface area contributed by atoms with Crippen LogP contribution in [-0.4, -0.2) is 56.4 Å². The highest BCUT2D eigenvalue weighted by Crippen LogP contribution is 2.66. The first-order valence-electron chi connectivity index (χ1n) is 12.8. The van der Waals surface area contributed by atoms with Gasteiger partial charge in [0, 0.05) is 21.6 Å². The maximum atomic E-state index is 14.2. The van der Waals surface area contributed by atoms with Gasteiger partial charge >= 0.3 is 0 Å². The van der Waals surface area contributed by atoms with Gasteiger partial charge in [-0.3, -0.25) is 14.4 Å². The predicted molar refractivity (Wildman–Crippen MR) is 146 cm³/mol. The highest BCUT2D eigenvalue weighted by Gasteiger charge is 2.74. The van der Waals surface area contributed by atoms with Gasteiger partial charge in [-0.25, -0.2) is 0 Å². The summed E-state index contributed by atoms with van der Waals surface area (Å²) in [4.78, 5) is 43.2. The Morgan fingerprint density at radius 2 is 1.73 bits per heavy atom. The van der Waals surface area contributed by atoms with E-state index in [0.717, 1.165) is 6.42 Å². The number of hydrogen-bond donors (Lipinski definition) is 3. The Morgan fingerprint density at radius 1 is 1.08 bits per heavy atom. The third-order valence-electron chi connectivity index (χ3n) is 7.79. The van der Waals surface area contributed by atoms with Crippen molar-refractivity contribution in [2.45, 2.75) is 55.2 Å². The number of aliphatic hydroxyl groups is 1. The Hall–Kier alpha value is -2.55. The van der Waals surface area contributed by atoms with Crippen LogP contribution in [0.3, 0.4) is 0 Å². The molecule has 6 atom stereocenters. The van der Waals surface area contributed by atoms with Crippen molar-refractivity contribution >= 4 is 52.5 Å². The van der Waals surface area contributed by atoms with E-state index in [0.29, 0.717) is 29.2 Å². The largest absolute Gasteiger partial charge is 0.394 e. The minimum atomic E-state index is -0.791. The van der Waals surface area contributed by atoms with Crippen LogP contribution in [0.5, 0.6) is 0 Å². The summed E-state index contributed by atoms with van der Waals surface area (Å²) < 4.78 is -0.721. The molecule has 2 aromatic rings. The van der Waals surface area contributed by atoms with Crippen molar-refractivity contribution in [2.24, 2.45) is 17.8 Å². The summed E-state index contributed by atoms with van der Waals surface area (Å²) in [6.45, 7) is 3.82. The molecule has 3 saturated heterocycles. The Labute approximate surface area is 226 Å². The normalized spacial score (nSPS) is 28.9. The van der Waals surface area contributed by atoms with Crippen LogP contribution in [-0.2, 0) is 14.4 Å². The number of thioether (sulfide) groups is 1. The number of benzene rings is 2. The molecule has 3 N–H and O–H groups in total. The lowest BCUT2D eigenvalue weighted by Gasteiger charge is -2.37. The molecule has 0 aromatic heterocycles. The second-order valence-electron chi connectivity index (χ2n) is 10.6. The average Bonchev–Trinajstić information content (AvgIpc) is 3.52. The lowest BCUT2D eigenvalue weighted by molar-refractivity contribution is -0.141. The van der Waals surface area contributed by atoms with Crippen LogP contribution < -0.4 is 10.6 Å². The van der Waals surface area contributed by atoms with E-state index in [4.69, 9.17) is 11.6 Å². The maximum absolute atomic E-state index is 14.2. The van der Waals surface area contributed by atoms with Crippen LogP contribution in [0.15, 0.2) is 54.6 Å². The highest BCUT2D eigenvalue weighted by atomic mass is 35.5. The smallest absolute Gasteiger partial charge is 0.248 e. The van der Waals surface area contributed by atoms with Crippen molar-refractivity contribution in [3.63, 3.8) is 0 Å². The van der Waals surface area contributed by atoms with E-state index in [1.54, 1.807) is 40.9 Å². The van der Waals surface area contributed by atoms with E-state index in [1.807, 2.05) is 44.2 Å². The van der Waals surface area contributed by atoms with E-state index in [9.17, 15) is 19.5 Å². The minimum Gasteiger partial charge on any atom is -0.394 e. The van der Waals surface area contributed by atoms with Gasteiger partial charge in [-0.1, -0.05) is 43.6 Å². The standard InChI is InChI=1S/C28H32ClN3O4S/c1-16(2)14-20(15-33)32-24(26(35)31-19-10-8-17(29)9-11-19)28-13-12-21(37-28)22(23(28)27(32)36)25(34)30-18-6-4-3-5-7-18/h3-11,16,20-24,33H,12-15H2,1-2H3,(H,30,34)(H,31,35)/t20-,21-,22+,23+,24?,28?/m1/s1. The molecule has 2 aromatic carbocycles. The van der Waals surface area contributed by atoms with Gasteiger partial charge in [0.1, 0.15) is 6.04 Å². The molecule has 3 heterocycles. The average molecular weight is 542 g/mol. The van der Waals surface area contributed by atoms with Gasteiger partial charge in [0.25, 0.3) is 0 Å². The zero-order chi connectivity index (χ0) is 26.3. The van der Waals surface area contributed by atoms with E-state index in [2.05, 4.69) is 10.6 Å². The van der Waals surface area contributed by atoms with Gasteiger partial charge in [0.15, 0.2) is 0 Å². The third kappa shape index (κ3) is 4.64. The molecule has 9 heteroatoms. The second-order valence-corrected chi connectivity index (χ2v) is 12.7. The Morgan fingerprint density at radius 3 is 2.38 bits per heavy atom. The molecule has 3 fully saturated rings. The zero-order valence-corrected chi connectivity index (χ0v) is 22.5. The Bertz CT molecular complexity index is 1180. The number of aliphatic hydroxyl groups excluding tert-OH is 1. The summed E-state index contributed by atoms with van der Waals surface area (Å²) >= 11 is 7.63. The molecule has 0 saturated carbocycles. The van der Waals surface area contributed by atoms with E-state index in [1.165, 1.54) is 0 Å². The molecule has 3 aliphatic heterocycles. The van der Waals surface area contributed by atoms with Gasteiger partial charge in [-0.2, -0.15) is 0 Å². The number of fused-ring (bicyclic) bond motifs is 1. The number of nitrogens with one attached hydrogen (secondary N) is 2. The van der Waals surface area contributed by atoms with Gasteiger partial charge in [0.05, 0.1) is 29.2 Å². The first kappa shape index (κ1) is 26.1. The molecule has 3 aliphatic rings. The number of para-hydroxylation sites is 1. The van der Waals surface area contributed by atoms with Crippen LogP contribution in [0.1, 0.15) is 33.1 Å². The maximum Gasteiger partial charge on any atom is 0.248 e. The van der Waals surface area contributed by atoms with Crippen LogP contribution in [0.2, 0.25) is 5.02 Å². The van der Waals surface area contributed by atoms with Crippen LogP contribution in [0.25, 0.3) is 0 Å².